The molecule has 0 saturated carbocycles. The standard InChI is InChI=1S/C15H20ClN3O2S/c1-2-9-22(20,21)18-13-5-7-19(8-6-13)14-4-3-12(11-17)15(16)10-14/h3-4,10,13,18H,2,5-9H2,1H3. The molecular weight excluding hydrogens is 322 g/mol. The highest BCUT2D eigenvalue weighted by Crippen LogP contribution is 2.25. The molecule has 1 aromatic rings. The van der Waals surface area contributed by atoms with Gasteiger partial charge in [-0.1, -0.05) is 18.5 Å². The maximum absolute atomic E-state index is 11.8. The van der Waals surface area contributed by atoms with Gasteiger partial charge in [-0.2, -0.15) is 5.26 Å². The van der Waals surface area contributed by atoms with E-state index in [4.69, 9.17) is 16.9 Å². The molecule has 1 fully saturated rings. The first-order valence-corrected chi connectivity index (χ1v) is 9.43. The van der Waals surface area contributed by atoms with Crippen molar-refractivity contribution in [2.24, 2.45) is 0 Å². The minimum absolute atomic E-state index is 0.00153. The van der Waals surface area contributed by atoms with E-state index in [2.05, 4.69) is 9.62 Å². The van der Waals surface area contributed by atoms with Crippen molar-refractivity contribution < 1.29 is 8.42 Å². The van der Waals surface area contributed by atoms with Crippen LogP contribution < -0.4 is 9.62 Å². The molecule has 120 valence electrons. The Hall–Kier alpha value is -1.29. The summed E-state index contributed by atoms with van der Waals surface area (Å²) in [5.41, 5.74) is 1.44. The Morgan fingerprint density at radius 1 is 1.41 bits per heavy atom. The number of anilines is 1. The number of piperidine rings is 1. The summed E-state index contributed by atoms with van der Waals surface area (Å²) >= 11 is 6.06. The second-order valence-electron chi connectivity index (χ2n) is 5.47. The summed E-state index contributed by atoms with van der Waals surface area (Å²) in [6.45, 7) is 3.39. The van der Waals surface area contributed by atoms with E-state index >= 15 is 0 Å². The number of halogens is 1. The first kappa shape index (κ1) is 17.1. The maximum atomic E-state index is 11.8. The van der Waals surface area contributed by atoms with Crippen LogP contribution in [0.2, 0.25) is 5.02 Å². The molecule has 2 rings (SSSR count). The van der Waals surface area contributed by atoms with Crippen molar-refractivity contribution >= 4 is 27.3 Å². The molecule has 0 radical (unpaired) electrons. The Labute approximate surface area is 136 Å². The van der Waals surface area contributed by atoms with Crippen LogP contribution in [0, 0.1) is 11.3 Å². The number of benzene rings is 1. The lowest BCUT2D eigenvalue weighted by Gasteiger charge is -2.34. The zero-order valence-electron chi connectivity index (χ0n) is 12.5. The third-order valence-corrected chi connectivity index (χ3v) is 5.70. The molecule has 0 aliphatic carbocycles. The molecule has 0 unspecified atom stereocenters. The fraction of sp³-hybridized carbons (Fsp3) is 0.533. The average Bonchev–Trinajstić information content (AvgIpc) is 2.47. The Balaban J connectivity index is 1.95. The molecule has 1 aliphatic heterocycles. The van der Waals surface area contributed by atoms with E-state index in [1.807, 2.05) is 19.1 Å². The predicted octanol–water partition coefficient (Wildman–Crippen LogP) is 2.51. The van der Waals surface area contributed by atoms with Crippen LogP contribution in [-0.4, -0.2) is 33.3 Å². The van der Waals surface area contributed by atoms with E-state index < -0.39 is 10.0 Å². The van der Waals surface area contributed by atoms with Crippen LogP contribution in [0.15, 0.2) is 18.2 Å². The zero-order valence-corrected chi connectivity index (χ0v) is 14.1. The van der Waals surface area contributed by atoms with Crippen molar-refractivity contribution in [1.29, 1.82) is 5.26 Å². The van der Waals surface area contributed by atoms with Crippen LogP contribution in [0.4, 0.5) is 5.69 Å². The molecule has 1 aliphatic rings. The second kappa shape index (κ2) is 7.32. The smallest absolute Gasteiger partial charge is 0.211 e. The van der Waals surface area contributed by atoms with Gasteiger partial charge in [-0.3, -0.25) is 0 Å². The SMILES string of the molecule is CCCS(=O)(=O)NC1CCN(c2ccc(C#N)c(Cl)c2)CC1. The Kier molecular flexibility index (Phi) is 5.68. The van der Waals surface area contributed by atoms with Gasteiger partial charge >= 0.3 is 0 Å². The predicted molar refractivity (Wildman–Crippen MR) is 88.6 cm³/mol. The Morgan fingerprint density at radius 3 is 2.64 bits per heavy atom. The van der Waals surface area contributed by atoms with E-state index in [1.165, 1.54) is 0 Å². The van der Waals surface area contributed by atoms with E-state index in [-0.39, 0.29) is 11.8 Å². The van der Waals surface area contributed by atoms with Crippen molar-refractivity contribution in [1.82, 2.24) is 4.72 Å². The molecule has 5 nitrogen and oxygen atoms in total. The van der Waals surface area contributed by atoms with Gasteiger partial charge in [0.25, 0.3) is 0 Å². The number of sulfonamides is 1. The average molecular weight is 342 g/mol. The number of nitrogens with zero attached hydrogens (tertiary/aromatic N) is 2. The van der Waals surface area contributed by atoms with E-state index in [0.717, 1.165) is 31.6 Å². The van der Waals surface area contributed by atoms with Gasteiger partial charge in [0.2, 0.25) is 10.0 Å². The highest BCUT2D eigenvalue weighted by atomic mass is 35.5. The number of nitriles is 1. The number of rotatable bonds is 5. The van der Waals surface area contributed by atoms with Gasteiger partial charge in [0.05, 0.1) is 16.3 Å². The molecule has 0 spiro atoms. The van der Waals surface area contributed by atoms with E-state index in [1.54, 1.807) is 12.1 Å². The molecule has 22 heavy (non-hydrogen) atoms. The lowest BCUT2D eigenvalue weighted by atomic mass is 10.1. The Morgan fingerprint density at radius 2 is 2.09 bits per heavy atom. The molecule has 7 heteroatoms. The van der Waals surface area contributed by atoms with Crippen LogP contribution >= 0.6 is 11.6 Å². The van der Waals surface area contributed by atoms with Crippen molar-refractivity contribution in [2.45, 2.75) is 32.2 Å². The van der Waals surface area contributed by atoms with Gasteiger partial charge in [0, 0.05) is 24.8 Å². The molecular formula is C15H20ClN3O2S. The van der Waals surface area contributed by atoms with Gasteiger partial charge in [0.1, 0.15) is 6.07 Å². The minimum Gasteiger partial charge on any atom is -0.371 e. The first-order valence-electron chi connectivity index (χ1n) is 7.40. The summed E-state index contributed by atoms with van der Waals surface area (Å²) in [7, 11) is -3.15. The number of hydrogen-bond donors (Lipinski definition) is 1. The topological polar surface area (TPSA) is 73.2 Å². The molecule has 1 heterocycles. The largest absolute Gasteiger partial charge is 0.371 e. The van der Waals surface area contributed by atoms with Crippen LogP contribution in [-0.2, 0) is 10.0 Å². The molecule has 0 bridgehead atoms. The van der Waals surface area contributed by atoms with Crippen LogP contribution in [0.5, 0.6) is 0 Å². The maximum Gasteiger partial charge on any atom is 0.211 e. The van der Waals surface area contributed by atoms with Gasteiger partial charge in [-0.05, 0) is 37.5 Å². The molecule has 1 N–H and O–H groups in total. The fourth-order valence-corrected chi connectivity index (χ4v) is 4.24. The summed E-state index contributed by atoms with van der Waals surface area (Å²) in [6, 6.07) is 7.43. The summed E-state index contributed by atoms with van der Waals surface area (Å²) in [5, 5.41) is 9.34. The number of nitrogens with one attached hydrogen (secondary N) is 1. The van der Waals surface area contributed by atoms with Crippen LogP contribution in [0.25, 0.3) is 0 Å². The van der Waals surface area contributed by atoms with Crippen molar-refractivity contribution in [3.05, 3.63) is 28.8 Å². The van der Waals surface area contributed by atoms with Crippen molar-refractivity contribution in [2.75, 3.05) is 23.7 Å². The summed E-state index contributed by atoms with van der Waals surface area (Å²) in [5.74, 6) is 0.179. The van der Waals surface area contributed by atoms with Gasteiger partial charge < -0.3 is 4.90 Å². The van der Waals surface area contributed by atoms with Gasteiger partial charge in [-0.15, -0.1) is 0 Å². The number of hydrogen-bond acceptors (Lipinski definition) is 4. The summed E-state index contributed by atoms with van der Waals surface area (Å²) in [4.78, 5) is 2.16. The molecule has 0 aromatic heterocycles. The van der Waals surface area contributed by atoms with Gasteiger partial charge in [0.15, 0.2) is 0 Å². The molecule has 0 amide bonds. The fourth-order valence-electron chi connectivity index (χ4n) is 2.63. The van der Waals surface area contributed by atoms with Crippen molar-refractivity contribution in [3.63, 3.8) is 0 Å². The summed E-state index contributed by atoms with van der Waals surface area (Å²) < 4.78 is 26.4. The highest BCUT2D eigenvalue weighted by Gasteiger charge is 2.23. The van der Waals surface area contributed by atoms with E-state index in [0.29, 0.717) is 17.0 Å². The third-order valence-electron chi connectivity index (χ3n) is 3.75. The minimum atomic E-state index is -3.15. The van der Waals surface area contributed by atoms with Gasteiger partial charge in [-0.25, -0.2) is 13.1 Å². The lowest BCUT2D eigenvalue weighted by molar-refractivity contribution is 0.460. The second-order valence-corrected chi connectivity index (χ2v) is 7.75. The monoisotopic (exact) mass is 341 g/mol. The van der Waals surface area contributed by atoms with E-state index in [9.17, 15) is 8.42 Å². The highest BCUT2D eigenvalue weighted by molar-refractivity contribution is 7.89. The molecule has 0 atom stereocenters. The normalized spacial score (nSPS) is 16.5. The van der Waals surface area contributed by atoms with Crippen LogP contribution in [0.3, 0.4) is 0 Å². The van der Waals surface area contributed by atoms with Crippen LogP contribution in [0.1, 0.15) is 31.7 Å². The quantitative estimate of drug-likeness (QED) is 0.893. The van der Waals surface area contributed by atoms with Crippen molar-refractivity contribution in [3.8, 4) is 6.07 Å². The summed E-state index contributed by atoms with van der Waals surface area (Å²) in [6.07, 6.45) is 2.15. The third kappa shape index (κ3) is 4.35. The lowest BCUT2D eigenvalue weighted by Crippen LogP contribution is -2.45. The zero-order chi connectivity index (χ0) is 16.2. The first-order chi connectivity index (χ1) is 10.4. The molecule has 1 aromatic carbocycles. The Bertz CT molecular complexity index is 662. The molecule has 1 saturated heterocycles.